The fourth-order valence-electron chi connectivity index (χ4n) is 1.41. The minimum atomic E-state index is -2.96. The van der Waals surface area contributed by atoms with Crippen LogP contribution in [0.5, 0.6) is 5.75 Å². The van der Waals surface area contributed by atoms with E-state index in [9.17, 15) is 8.42 Å². The molecule has 0 amide bonds. The van der Waals surface area contributed by atoms with E-state index in [-0.39, 0.29) is 18.1 Å². The number of hydrogen-bond donors (Lipinski definition) is 1. The topological polar surface area (TPSA) is 69.4 Å². The summed E-state index contributed by atoms with van der Waals surface area (Å²) in [6, 6.07) is 9.49. The summed E-state index contributed by atoms with van der Waals surface area (Å²) >= 11 is 0. The first-order valence-corrected chi connectivity index (χ1v) is 7.54. The van der Waals surface area contributed by atoms with Crippen LogP contribution in [0.4, 0.5) is 0 Å². The lowest BCUT2D eigenvalue weighted by Gasteiger charge is -2.06. The lowest BCUT2D eigenvalue weighted by Crippen LogP contribution is -2.18. The molecule has 0 bridgehead atoms. The smallest absolute Gasteiger partial charge is 0.151 e. The van der Waals surface area contributed by atoms with Crippen molar-refractivity contribution in [1.29, 1.82) is 0 Å². The highest BCUT2D eigenvalue weighted by Gasteiger charge is 2.08. The zero-order valence-corrected chi connectivity index (χ0v) is 10.7. The highest BCUT2D eigenvalue weighted by atomic mass is 32.2. The summed E-state index contributed by atoms with van der Waals surface area (Å²) in [6.07, 6.45) is 1.36. The largest absolute Gasteiger partial charge is 0.494 e. The predicted octanol–water partition coefficient (Wildman–Crippen LogP) is 1.22. The van der Waals surface area contributed by atoms with E-state index >= 15 is 0 Å². The third kappa shape index (κ3) is 6.28. The highest BCUT2D eigenvalue weighted by molar-refractivity contribution is 7.91. The molecule has 5 heteroatoms. The van der Waals surface area contributed by atoms with Gasteiger partial charge < -0.3 is 10.5 Å². The van der Waals surface area contributed by atoms with Crippen LogP contribution < -0.4 is 10.5 Å². The first kappa shape index (κ1) is 14.0. The van der Waals surface area contributed by atoms with Gasteiger partial charge in [0.25, 0.3) is 0 Å². The van der Waals surface area contributed by atoms with Gasteiger partial charge in [-0.1, -0.05) is 18.2 Å². The SMILES string of the molecule is NCCS(=O)(=O)CCCCOc1ccccc1. The number of benzene rings is 1. The number of sulfone groups is 1. The Morgan fingerprint density at radius 3 is 2.41 bits per heavy atom. The van der Waals surface area contributed by atoms with Crippen molar-refractivity contribution in [2.45, 2.75) is 12.8 Å². The Morgan fingerprint density at radius 2 is 1.76 bits per heavy atom. The fraction of sp³-hybridized carbons (Fsp3) is 0.500. The summed E-state index contributed by atoms with van der Waals surface area (Å²) in [5, 5.41) is 0. The molecule has 17 heavy (non-hydrogen) atoms. The second-order valence-corrected chi connectivity index (χ2v) is 6.11. The van der Waals surface area contributed by atoms with E-state index in [1.54, 1.807) is 0 Å². The maximum atomic E-state index is 11.3. The second-order valence-electron chi connectivity index (χ2n) is 3.81. The number of nitrogens with two attached hydrogens (primary N) is 1. The van der Waals surface area contributed by atoms with Crippen LogP contribution in [-0.4, -0.2) is 33.1 Å². The van der Waals surface area contributed by atoms with Crippen molar-refractivity contribution in [3.05, 3.63) is 30.3 Å². The predicted molar refractivity (Wildman–Crippen MR) is 68.9 cm³/mol. The molecule has 0 spiro atoms. The van der Waals surface area contributed by atoms with Gasteiger partial charge in [0.2, 0.25) is 0 Å². The zero-order valence-electron chi connectivity index (χ0n) is 9.84. The van der Waals surface area contributed by atoms with Gasteiger partial charge >= 0.3 is 0 Å². The van der Waals surface area contributed by atoms with Gasteiger partial charge in [-0.15, -0.1) is 0 Å². The van der Waals surface area contributed by atoms with Crippen LogP contribution in [0.25, 0.3) is 0 Å². The normalized spacial score (nSPS) is 11.4. The van der Waals surface area contributed by atoms with Crippen molar-refractivity contribution < 1.29 is 13.2 Å². The Hall–Kier alpha value is -1.07. The van der Waals surface area contributed by atoms with Crippen LogP contribution in [0, 0.1) is 0 Å². The summed E-state index contributed by atoms with van der Waals surface area (Å²) in [4.78, 5) is 0. The molecule has 0 aromatic heterocycles. The van der Waals surface area contributed by atoms with Gasteiger partial charge in [0.15, 0.2) is 9.84 Å². The van der Waals surface area contributed by atoms with Crippen LogP contribution in [0.1, 0.15) is 12.8 Å². The first-order valence-electron chi connectivity index (χ1n) is 5.72. The van der Waals surface area contributed by atoms with E-state index in [2.05, 4.69) is 0 Å². The van der Waals surface area contributed by atoms with E-state index in [4.69, 9.17) is 10.5 Å². The van der Waals surface area contributed by atoms with Crippen molar-refractivity contribution >= 4 is 9.84 Å². The number of unbranched alkanes of at least 4 members (excludes halogenated alkanes) is 1. The molecule has 1 aromatic rings. The van der Waals surface area contributed by atoms with Crippen LogP contribution in [0.3, 0.4) is 0 Å². The molecule has 0 heterocycles. The van der Waals surface area contributed by atoms with Crippen LogP contribution in [-0.2, 0) is 9.84 Å². The summed E-state index contributed by atoms with van der Waals surface area (Å²) in [5.74, 6) is 1.09. The van der Waals surface area contributed by atoms with E-state index in [0.29, 0.717) is 13.0 Å². The van der Waals surface area contributed by atoms with Crippen molar-refractivity contribution in [3.8, 4) is 5.75 Å². The molecule has 0 aliphatic rings. The third-order valence-corrected chi connectivity index (χ3v) is 4.06. The summed E-state index contributed by atoms with van der Waals surface area (Å²) in [6.45, 7) is 0.741. The maximum Gasteiger partial charge on any atom is 0.151 e. The average molecular weight is 257 g/mol. The molecule has 4 nitrogen and oxygen atoms in total. The molecule has 0 fully saturated rings. The Balaban J connectivity index is 2.13. The molecule has 1 aromatic carbocycles. The van der Waals surface area contributed by atoms with Gasteiger partial charge in [-0.05, 0) is 25.0 Å². The second kappa shape index (κ2) is 7.29. The fourth-order valence-corrected chi connectivity index (χ4v) is 2.62. The van der Waals surface area contributed by atoms with E-state index in [1.807, 2.05) is 30.3 Å². The number of ether oxygens (including phenoxy) is 1. The minimum absolute atomic E-state index is 0.0759. The van der Waals surface area contributed by atoms with Crippen molar-refractivity contribution in [2.24, 2.45) is 5.73 Å². The molecule has 0 aliphatic carbocycles. The van der Waals surface area contributed by atoms with Gasteiger partial charge in [0.05, 0.1) is 18.1 Å². The number of hydrogen-bond acceptors (Lipinski definition) is 4. The molecule has 96 valence electrons. The molecule has 0 unspecified atom stereocenters. The van der Waals surface area contributed by atoms with Crippen molar-refractivity contribution in [3.63, 3.8) is 0 Å². The molecular formula is C12H19NO3S. The first-order chi connectivity index (χ1) is 8.14. The van der Waals surface area contributed by atoms with E-state index in [0.717, 1.165) is 12.2 Å². The van der Waals surface area contributed by atoms with Crippen LogP contribution in [0.15, 0.2) is 30.3 Å². The van der Waals surface area contributed by atoms with E-state index < -0.39 is 9.84 Å². The maximum absolute atomic E-state index is 11.3. The van der Waals surface area contributed by atoms with Crippen LogP contribution in [0.2, 0.25) is 0 Å². The van der Waals surface area contributed by atoms with Crippen molar-refractivity contribution in [2.75, 3.05) is 24.7 Å². The molecule has 0 radical (unpaired) electrons. The van der Waals surface area contributed by atoms with Crippen molar-refractivity contribution in [1.82, 2.24) is 0 Å². The summed E-state index contributed by atoms with van der Waals surface area (Å²) in [5.41, 5.74) is 5.22. The Kier molecular flexibility index (Phi) is 6.00. The third-order valence-electron chi connectivity index (χ3n) is 2.29. The lowest BCUT2D eigenvalue weighted by atomic mass is 10.3. The summed E-state index contributed by atoms with van der Waals surface area (Å²) in [7, 11) is -2.96. The highest BCUT2D eigenvalue weighted by Crippen LogP contribution is 2.09. The molecule has 0 atom stereocenters. The van der Waals surface area contributed by atoms with Gasteiger partial charge in [0, 0.05) is 6.54 Å². The van der Waals surface area contributed by atoms with Gasteiger partial charge in [0.1, 0.15) is 5.75 Å². The molecule has 0 saturated carbocycles. The van der Waals surface area contributed by atoms with E-state index in [1.165, 1.54) is 0 Å². The zero-order chi connectivity index (χ0) is 12.6. The standard InChI is InChI=1S/C12H19NO3S/c13-8-11-17(14,15)10-5-4-9-16-12-6-2-1-3-7-12/h1-3,6-7H,4-5,8-11,13H2. The average Bonchev–Trinajstić information content (AvgIpc) is 2.30. The quantitative estimate of drug-likeness (QED) is 0.711. The van der Waals surface area contributed by atoms with Crippen LogP contribution >= 0.6 is 0 Å². The Bertz CT molecular complexity index is 403. The number of para-hydroxylation sites is 1. The Morgan fingerprint density at radius 1 is 1.06 bits per heavy atom. The van der Waals surface area contributed by atoms with Gasteiger partial charge in [-0.25, -0.2) is 8.42 Å². The van der Waals surface area contributed by atoms with Gasteiger partial charge in [-0.3, -0.25) is 0 Å². The minimum Gasteiger partial charge on any atom is -0.494 e. The Labute approximate surface area is 103 Å². The molecule has 0 aliphatic heterocycles. The molecule has 2 N–H and O–H groups in total. The molecular weight excluding hydrogens is 238 g/mol. The van der Waals surface area contributed by atoms with Gasteiger partial charge in [-0.2, -0.15) is 0 Å². The molecule has 1 rings (SSSR count). The summed E-state index contributed by atoms with van der Waals surface area (Å²) < 4.78 is 28.1. The molecule has 0 saturated heterocycles. The monoisotopic (exact) mass is 257 g/mol. The number of rotatable bonds is 8. The lowest BCUT2D eigenvalue weighted by molar-refractivity contribution is 0.309.